The molecule has 0 bridgehead atoms. The van der Waals surface area contributed by atoms with Crippen molar-refractivity contribution in [2.75, 3.05) is 11.9 Å². The summed E-state index contributed by atoms with van der Waals surface area (Å²) < 4.78 is 0. The number of carbonyl (C=O) groups is 1. The first-order valence-corrected chi connectivity index (χ1v) is 5.08. The molecule has 0 saturated carbocycles. The molecule has 1 aromatic rings. The minimum absolute atomic E-state index is 0.00644. The van der Waals surface area contributed by atoms with E-state index in [1.165, 1.54) is 11.3 Å². The third-order valence-corrected chi connectivity index (χ3v) is 2.83. The molecule has 0 aromatic carbocycles. The first-order chi connectivity index (χ1) is 6.15. The quantitative estimate of drug-likeness (QED) is 0.775. The Hall–Kier alpha value is -0.870. The molecule has 0 spiro atoms. The number of hydrogen-bond acceptors (Lipinski definition) is 3. The van der Waals surface area contributed by atoms with Crippen LogP contribution >= 0.6 is 11.3 Å². The summed E-state index contributed by atoms with van der Waals surface area (Å²) in [7, 11) is 0. The predicted molar refractivity (Wildman–Crippen MR) is 55.9 cm³/mol. The van der Waals surface area contributed by atoms with Gasteiger partial charge in [-0.3, -0.25) is 4.79 Å². The first kappa shape index (κ1) is 10.2. The molecular formula is C9H14N2OS. The highest BCUT2D eigenvalue weighted by Gasteiger charge is 2.12. The van der Waals surface area contributed by atoms with Gasteiger partial charge in [-0.2, -0.15) is 0 Å². The number of hydrogen-bond donors (Lipinski definition) is 2. The lowest BCUT2D eigenvalue weighted by Gasteiger charge is -2.08. The lowest BCUT2D eigenvalue weighted by atomic mass is 10.2. The van der Waals surface area contributed by atoms with Crippen LogP contribution in [0.1, 0.15) is 12.5 Å². The molecule has 1 unspecified atom stereocenters. The fourth-order valence-corrected chi connectivity index (χ4v) is 1.66. The summed E-state index contributed by atoms with van der Waals surface area (Å²) in [5.74, 6) is -0.130. The Balaban J connectivity index is 2.60. The van der Waals surface area contributed by atoms with Crippen LogP contribution in [0.5, 0.6) is 0 Å². The molecule has 0 saturated heterocycles. The van der Waals surface area contributed by atoms with E-state index in [0.29, 0.717) is 6.54 Å². The monoisotopic (exact) mass is 198 g/mol. The number of rotatable bonds is 3. The highest BCUT2D eigenvalue weighted by molar-refractivity contribution is 7.14. The van der Waals surface area contributed by atoms with Crippen molar-refractivity contribution in [3.63, 3.8) is 0 Å². The number of amides is 1. The summed E-state index contributed by atoms with van der Waals surface area (Å²) >= 11 is 1.53. The highest BCUT2D eigenvalue weighted by atomic mass is 32.1. The Morgan fingerprint density at radius 1 is 1.77 bits per heavy atom. The zero-order chi connectivity index (χ0) is 9.84. The van der Waals surface area contributed by atoms with Crippen molar-refractivity contribution in [3.8, 4) is 0 Å². The van der Waals surface area contributed by atoms with E-state index in [1.54, 1.807) is 0 Å². The fraction of sp³-hybridized carbons (Fsp3) is 0.444. The maximum atomic E-state index is 11.4. The van der Waals surface area contributed by atoms with Crippen LogP contribution in [0.4, 0.5) is 5.00 Å². The van der Waals surface area contributed by atoms with E-state index in [1.807, 2.05) is 25.3 Å². The Morgan fingerprint density at radius 2 is 2.46 bits per heavy atom. The van der Waals surface area contributed by atoms with E-state index in [9.17, 15) is 4.79 Å². The Morgan fingerprint density at radius 3 is 2.92 bits per heavy atom. The van der Waals surface area contributed by atoms with E-state index in [0.717, 1.165) is 10.6 Å². The van der Waals surface area contributed by atoms with Crippen LogP contribution in [0.2, 0.25) is 0 Å². The third kappa shape index (κ3) is 2.54. The number of carbonyl (C=O) groups excluding carboxylic acids is 1. The van der Waals surface area contributed by atoms with Gasteiger partial charge in [0.1, 0.15) is 0 Å². The van der Waals surface area contributed by atoms with E-state index >= 15 is 0 Å². The maximum Gasteiger partial charge on any atom is 0.229 e. The molecule has 1 rings (SSSR count). The predicted octanol–water partition coefficient (Wildman–Crippen LogP) is 1.59. The highest BCUT2D eigenvalue weighted by Crippen LogP contribution is 2.22. The third-order valence-electron chi connectivity index (χ3n) is 1.90. The lowest BCUT2D eigenvalue weighted by Crippen LogP contribution is -2.26. The molecule has 0 aliphatic heterocycles. The summed E-state index contributed by atoms with van der Waals surface area (Å²) in [6.07, 6.45) is 0. The molecule has 0 aliphatic carbocycles. The number of nitrogens with one attached hydrogen (secondary N) is 1. The van der Waals surface area contributed by atoms with Gasteiger partial charge < -0.3 is 11.1 Å². The van der Waals surface area contributed by atoms with E-state index in [4.69, 9.17) is 5.73 Å². The zero-order valence-corrected chi connectivity index (χ0v) is 8.65. The van der Waals surface area contributed by atoms with Gasteiger partial charge in [-0.15, -0.1) is 11.3 Å². The molecule has 4 heteroatoms. The van der Waals surface area contributed by atoms with Gasteiger partial charge >= 0.3 is 0 Å². The molecule has 1 amide bonds. The number of thiophene rings is 1. The largest absolute Gasteiger partial charge is 0.330 e. The molecule has 0 radical (unpaired) electrons. The first-order valence-electron chi connectivity index (χ1n) is 4.20. The molecule has 0 aliphatic rings. The van der Waals surface area contributed by atoms with E-state index in [-0.39, 0.29) is 11.8 Å². The Kier molecular flexibility index (Phi) is 3.45. The van der Waals surface area contributed by atoms with Crippen LogP contribution in [0, 0.1) is 12.8 Å². The maximum absolute atomic E-state index is 11.4. The molecule has 1 atom stereocenters. The Labute approximate surface area is 81.9 Å². The average molecular weight is 198 g/mol. The number of aryl methyl sites for hydroxylation is 1. The van der Waals surface area contributed by atoms with E-state index in [2.05, 4.69) is 5.32 Å². The van der Waals surface area contributed by atoms with Crippen molar-refractivity contribution in [1.82, 2.24) is 0 Å². The lowest BCUT2D eigenvalue weighted by molar-refractivity contribution is -0.119. The van der Waals surface area contributed by atoms with Crippen molar-refractivity contribution in [2.24, 2.45) is 11.7 Å². The topological polar surface area (TPSA) is 55.1 Å². The van der Waals surface area contributed by atoms with Crippen LogP contribution in [-0.2, 0) is 4.79 Å². The SMILES string of the molecule is Cc1ccsc1NC(=O)C(C)CN. The molecule has 1 aromatic heterocycles. The van der Waals surface area contributed by atoms with Crippen LogP contribution in [0.3, 0.4) is 0 Å². The summed E-state index contributed by atoms with van der Waals surface area (Å²) in [6.45, 7) is 4.17. The fourth-order valence-electron chi connectivity index (χ4n) is 0.843. The standard InChI is InChI=1S/C9H14N2OS/c1-6-3-4-13-9(6)11-8(12)7(2)5-10/h3-4,7H,5,10H2,1-2H3,(H,11,12). The summed E-state index contributed by atoms with van der Waals surface area (Å²) in [5, 5.41) is 5.72. The molecule has 3 nitrogen and oxygen atoms in total. The van der Waals surface area contributed by atoms with Gasteiger partial charge in [-0.25, -0.2) is 0 Å². The van der Waals surface area contributed by atoms with Gasteiger partial charge in [0.25, 0.3) is 0 Å². The summed E-state index contributed by atoms with van der Waals surface area (Å²) in [4.78, 5) is 11.4. The molecule has 13 heavy (non-hydrogen) atoms. The molecule has 72 valence electrons. The van der Waals surface area contributed by atoms with Crippen LogP contribution in [0.25, 0.3) is 0 Å². The molecular weight excluding hydrogens is 184 g/mol. The van der Waals surface area contributed by atoms with Gasteiger partial charge in [-0.1, -0.05) is 6.92 Å². The van der Waals surface area contributed by atoms with Crippen molar-refractivity contribution in [2.45, 2.75) is 13.8 Å². The van der Waals surface area contributed by atoms with Crippen molar-refractivity contribution in [3.05, 3.63) is 17.0 Å². The summed E-state index contributed by atoms with van der Waals surface area (Å²) in [5.41, 5.74) is 6.48. The second-order valence-electron chi connectivity index (χ2n) is 3.06. The van der Waals surface area contributed by atoms with Crippen LogP contribution < -0.4 is 11.1 Å². The average Bonchev–Trinajstić information content (AvgIpc) is 2.50. The Bertz CT molecular complexity index is 296. The van der Waals surface area contributed by atoms with Gasteiger partial charge in [0.15, 0.2) is 0 Å². The van der Waals surface area contributed by atoms with Gasteiger partial charge in [-0.05, 0) is 23.9 Å². The van der Waals surface area contributed by atoms with Crippen molar-refractivity contribution >= 4 is 22.2 Å². The van der Waals surface area contributed by atoms with Crippen molar-refractivity contribution in [1.29, 1.82) is 0 Å². The number of nitrogens with two attached hydrogens (primary N) is 1. The second kappa shape index (κ2) is 4.39. The molecule has 1 heterocycles. The molecule has 3 N–H and O–H groups in total. The van der Waals surface area contributed by atoms with Crippen LogP contribution in [0.15, 0.2) is 11.4 Å². The zero-order valence-electron chi connectivity index (χ0n) is 7.83. The normalized spacial score (nSPS) is 12.5. The molecule has 0 fully saturated rings. The minimum Gasteiger partial charge on any atom is -0.330 e. The van der Waals surface area contributed by atoms with Gasteiger partial charge in [0.2, 0.25) is 5.91 Å². The van der Waals surface area contributed by atoms with Gasteiger partial charge in [0.05, 0.1) is 5.00 Å². The van der Waals surface area contributed by atoms with E-state index < -0.39 is 0 Å². The summed E-state index contributed by atoms with van der Waals surface area (Å²) in [6, 6.07) is 1.98. The smallest absolute Gasteiger partial charge is 0.229 e. The van der Waals surface area contributed by atoms with Crippen LogP contribution in [-0.4, -0.2) is 12.5 Å². The van der Waals surface area contributed by atoms with Crippen molar-refractivity contribution < 1.29 is 4.79 Å². The minimum atomic E-state index is -0.124. The second-order valence-corrected chi connectivity index (χ2v) is 3.97. The van der Waals surface area contributed by atoms with Gasteiger partial charge in [0, 0.05) is 12.5 Å². The number of anilines is 1.